The third-order valence-corrected chi connectivity index (χ3v) is 3.79. The highest BCUT2D eigenvalue weighted by Gasteiger charge is 2.20. The second-order valence-electron chi connectivity index (χ2n) is 5.59. The predicted octanol–water partition coefficient (Wildman–Crippen LogP) is 1.97. The van der Waals surface area contributed by atoms with Crippen molar-refractivity contribution in [2.45, 2.75) is 32.2 Å². The summed E-state index contributed by atoms with van der Waals surface area (Å²) in [5, 5.41) is 11.5. The lowest BCUT2D eigenvalue weighted by molar-refractivity contribution is -0.137. The van der Waals surface area contributed by atoms with Crippen LogP contribution in [0.3, 0.4) is 0 Å². The molecule has 2 N–H and O–H groups in total. The highest BCUT2D eigenvalue weighted by molar-refractivity contribution is 5.78. The van der Waals surface area contributed by atoms with Gasteiger partial charge >= 0.3 is 5.97 Å². The number of aliphatic carboxylic acids is 1. The molecule has 0 unspecified atom stereocenters. The molecule has 1 aromatic carbocycles. The van der Waals surface area contributed by atoms with E-state index in [1.54, 1.807) is 0 Å². The monoisotopic (exact) mass is 321 g/mol. The van der Waals surface area contributed by atoms with Crippen LogP contribution in [0.4, 0.5) is 0 Å². The topological polar surface area (TPSA) is 84.9 Å². The van der Waals surface area contributed by atoms with E-state index in [0.29, 0.717) is 38.5 Å². The van der Waals surface area contributed by atoms with Gasteiger partial charge in [-0.15, -0.1) is 0 Å². The van der Waals surface area contributed by atoms with Crippen LogP contribution in [0.2, 0.25) is 0 Å². The zero-order chi connectivity index (χ0) is 16.5. The van der Waals surface area contributed by atoms with E-state index >= 15 is 0 Å². The molecule has 0 radical (unpaired) electrons. The van der Waals surface area contributed by atoms with Gasteiger partial charge in [-0.2, -0.15) is 0 Å². The lowest BCUT2D eigenvalue weighted by atomic mass is 9.99. The number of carbonyl (C=O) groups excluding carboxylic acids is 1. The molecule has 1 aliphatic heterocycles. The summed E-state index contributed by atoms with van der Waals surface area (Å²) in [5.74, 6) is 0.0296. The van der Waals surface area contributed by atoms with Crippen molar-refractivity contribution < 1.29 is 24.2 Å². The number of nitrogens with one attached hydrogen (secondary N) is 1. The van der Waals surface area contributed by atoms with E-state index in [9.17, 15) is 9.59 Å². The van der Waals surface area contributed by atoms with E-state index in [1.165, 1.54) is 0 Å². The van der Waals surface area contributed by atoms with Crippen LogP contribution in [0.5, 0.6) is 5.75 Å². The van der Waals surface area contributed by atoms with Crippen LogP contribution in [-0.2, 0) is 20.9 Å². The van der Waals surface area contributed by atoms with Crippen LogP contribution in [-0.4, -0.2) is 36.8 Å². The normalized spacial score (nSPS) is 15.1. The fourth-order valence-electron chi connectivity index (χ4n) is 2.41. The molecule has 2 rings (SSSR count). The molecular formula is C17H23NO5. The molecule has 0 aromatic heterocycles. The SMILES string of the molecule is O=C(O)CCCOc1ccc(CNC(=O)C2CCOCC2)cc1. The Morgan fingerprint density at radius 2 is 1.91 bits per heavy atom. The van der Waals surface area contributed by atoms with E-state index in [4.69, 9.17) is 14.6 Å². The molecule has 0 atom stereocenters. The van der Waals surface area contributed by atoms with Gasteiger partial charge in [0.05, 0.1) is 6.61 Å². The van der Waals surface area contributed by atoms with Gasteiger partial charge in [0.15, 0.2) is 0 Å². The minimum absolute atomic E-state index is 0.0561. The van der Waals surface area contributed by atoms with E-state index in [1.807, 2.05) is 24.3 Å². The molecule has 0 spiro atoms. The molecule has 0 aliphatic carbocycles. The van der Waals surface area contributed by atoms with Crippen molar-refractivity contribution in [1.29, 1.82) is 0 Å². The van der Waals surface area contributed by atoms with Crippen molar-refractivity contribution in [3.63, 3.8) is 0 Å². The lowest BCUT2D eigenvalue weighted by Gasteiger charge is -2.21. The van der Waals surface area contributed by atoms with Crippen LogP contribution in [0.15, 0.2) is 24.3 Å². The molecule has 6 nitrogen and oxygen atoms in total. The highest BCUT2D eigenvalue weighted by Crippen LogP contribution is 2.16. The average molecular weight is 321 g/mol. The molecule has 126 valence electrons. The number of hydrogen-bond donors (Lipinski definition) is 2. The van der Waals surface area contributed by atoms with Crippen molar-refractivity contribution in [2.24, 2.45) is 5.92 Å². The van der Waals surface area contributed by atoms with Crippen molar-refractivity contribution in [3.05, 3.63) is 29.8 Å². The van der Waals surface area contributed by atoms with E-state index < -0.39 is 5.97 Å². The molecule has 1 fully saturated rings. The van der Waals surface area contributed by atoms with Crippen molar-refractivity contribution in [2.75, 3.05) is 19.8 Å². The van der Waals surface area contributed by atoms with Crippen LogP contribution in [0.1, 0.15) is 31.2 Å². The third kappa shape index (κ3) is 6.28. The second kappa shape index (κ2) is 9.15. The summed E-state index contributed by atoms with van der Waals surface area (Å²) < 4.78 is 10.7. The molecule has 1 heterocycles. The first-order valence-corrected chi connectivity index (χ1v) is 7.94. The van der Waals surface area contributed by atoms with Gasteiger partial charge in [-0.25, -0.2) is 0 Å². The first-order chi connectivity index (χ1) is 11.1. The van der Waals surface area contributed by atoms with E-state index in [-0.39, 0.29) is 18.2 Å². The molecule has 23 heavy (non-hydrogen) atoms. The highest BCUT2D eigenvalue weighted by atomic mass is 16.5. The molecule has 6 heteroatoms. The first kappa shape index (κ1) is 17.3. The molecule has 1 aromatic rings. The predicted molar refractivity (Wildman–Crippen MR) is 84.2 cm³/mol. The van der Waals surface area contributed by atoms with Crippen LogP contribution < -0.4 is 10.1 Å². The minimum Gasteiger partial charge on any atom is -0.494 e. The molecule has 0 bridgehead atoms. The van der Waals surface area contributed by atoms with Gasteiger partial charge in [-0.05, 0) is 37.0 Å². The maximum absolute atomic E-state index is 12.0. The third-order valence-electron chi connectivity index (χ3n) is 3.79. The first-order valence-electron chi connectivity index (χ1n) is 7.94. The smallest absolute Gasteiger partial charge is 0.303 e. The van der Waals surface area contributed by atoms with Gasteiger partial charge in [0.2, 0.25) is 5.91 Å². The van der Waals surface area contributed by atoms with Gasteiger partial charge in [-0.1, -0.05) is 12.1 Å². The largest absolute Gasteiger partial charge is 0.494 e. The van der Waals surface area contributed by atoms with Crippen LogP contribution in [0.25, 0.3) is 0 Å². The van der Waals surface area contributed by atoms with Gasteiger partial charge in [0.1, 0.15) is 5.75 Å². The summed E-state index contributed by atoms with van der Waals surface area (Å²) in [5.41, 5.74) is 1.00. The number of carboxylic acid groups (broad SMARTS) is 1. The fourth-order valence-corrected chi connectivity index (χ4v) is 2.41. The number of hydrogen-bond acceptors (Lipinski definition) is 4. The minimum atomic E-state index is -0.816. The Hall–Kier alpha value is -2.08. The molecule has 1 aliphatic rings. The quantitative estimate of drug-likeness (QED) is 0.715. The maximum Gasteiger partial charge on any atom is 0.303 e. The van der Waals surface area contributed by atoms with Gasteiger partial charge in [-0.3, -0.25) is 9.59 Å². The summed E-state index contributed by atoms with van der Waals surface area (Å²) in [4.78, 5) is 22.4. The van der Waals surface area contributed by atoms with E-state index in [2.05, 4.69) is 5.32 Å². The summed E-state index contributed by atoms with van der Waals surface area (Å²) in [6.45, 7) is 2.19. The zero-order valence-corrected chi connectivity index (χ0v) is 13.1. The van der Waals surface area contributed by atoms with Crippen LogP contribution in [0, 0.1) is 5.92 Å². The molecule has 1 amide bonds. The Morgan fingerprint density at radius 1 is 1.22 bits per heavy atom. The van der Waals surface area contributed by atoms with Gasteiger partial charge in [0.25, 0.3) is 0 Å². The van der Waals surface area contributed by atoms with Crippen molar-refractivity contribution in [3.8, 4) is 5.75 Å². The molecular weight excluding hydrogens is 298 g/mol. The Kier molecular flexibility index (Phi) is 6.87. The average Bonchev–Trinajstić information content (AvgIpc) is 2.58. The number of carbonyl (C=O) groups is 2. The fraction of sp³-hybridized carbons (Fsp3) is 0.529. The number of benzene rings is 1. The Morgan fingerprint density at radius 3 is 2.57 bits per heavy atom. The second-order valence-corrected chi connectivity index (χ2v) is 5.59. The van der Waals surface area contributed by atoms with Crippen molar-refractivity contribution >= 4 is 11.9 Å². The molecule has 1 saturated heterocycles. The number of carboxylic acids is 1. The maximum atomic E-state index is 12.0. The Bertz CT molecular complexity index is 508. The number of ether oxygens (including phenoxy) is 2. The van der Waals surface area contributed by atoms with Crippen molar-refractivity contribution in [1.82, 2.24) is 5.32 Å². The summed E-state index contributed by atoms with van der Waals surface area (Å²) in [6.07, 6.45) is 2.17. The number of rotatable bonds is 8. The Labute approximate surface area is 135 Å². The number of amides is 1. The standard InChI is InChI=1S/C17H23NO5/c19-16(20)2-1-9-23-15-5-3-13(4-6-15)12-18-17(21)14-7-10-22-11-8-14/h3-6,14H,1-2,7-12H2,(H,18,21)(H,19,20). The lowest BCUT2D eigenvalue weighted by Crippen LogP contribution is -2.33. The van der Waals surface area contributed by atoms with Gasteiger partial charge in [0, 0.05) is 32.1 Å². The summed E-state index contributed by atoms with van der Waals surface area (Å²) >= 11 is 0. The van der Waals surface area contributed by atoms with Gasteiger partial charge < -0.3 is 19.9 Å². The van der Waals surface area contributed by atoms with Crippen LogP contribution >= 0.6 is 0 Å². The Balaban J connectivity index is 1.69. The van der Waals surface area contributed by atoms with E-state index in [0.717, 1.165) is 18.4 Å². The molecule has 0 saturated carbocycles. The zero-order valence-electron chi connectivity index (χ0n) is 13.1. The summed E-state index contributed by atoms with van der Waals surface area (Å²) in [7, 11) is 0. The summed E-state index contributed by atoms with van der Waals surface area (Å²) in [6, 6.07) is 7.46.